The van der Waals surface area contributed by atoms with Gasteiger partial charge in [0, 0.05) is 23.2 Å². The van der Waals surface area contributed by atoms with Gasteiger partial charge < -0.3 is 4.90 Å². The van der Waals surface area contributed by atoms with Gasteiger partial charge in [0.05, 0.1) is 11.4 Å². The molecule has 0 saturated heterocycles. The Hall–Kier alpha value is -2.98. The van der Waals surface area contributed by atoms with E-state index in [1.54, 1.807) is 36.2 Å². The first-order valence-electron chi connectivity index (χ1n) is 8.43. The van der Waals surface area contributed by atoms with Crippen LogP contribution >= 0.6 is 11.6 Å². The summed E-state index contributed by atoms with van der Waals surface area (Å²) in [6.45, 7) is 0.146. The SMILES string of the molecule is CN1C(=O)CN=C(c2ccccc2)c2cc(Cl)ccc21.Fc1ccccc1. The first-order chi connectivity index (χ1) is 13.1. The van der Waals surface area contributed by atoms with Crippen LogP contribution in [-0.4, -0.2) is 25.2 Å². The van der Waals surface area contributed by atoms with E-state index in [-0.39, 0.29) is 18.3 Å². The zero-order valence-corrected chi connectivity index (χ0v) is 15.5. The number of halogens is 2. The molecule has 0 spiro atoms. The molecule has 27 heavy (non-hydrogen) atoms. The van der Waals surface area contributed by atoms with Gasteiger partial charge in [-0.3, -0.25) is 9.79 Å². The Kier molecular flexibility index (Phi) is 5.99. The fourth-order valence-corrected chi connectivity index (χ4v) is 2.89. The molecule has 3 aromatic rings. The lowest BCUT2D eigenvalue weighted by Gasteiger charge is -2.18. The van der Waals surface area contributed by atoms with Crippen LogP contribution in [0, 0.1) is 5.82 Å². The summed E-state index contributed by atoms with van der Waals surface area (Å²) in [5.74, 6) is -0.206. The van der Waals surface area contributed by atoms with E-state index in [1.807, 2.05) is 42.5 Å². The lowest BCUT2D eigenvalue weighted by Crippen LogP contribution is -2.27. The van der Waals surface area contributed by atoms with Crippen LogP contribution in [-0.2, 0) is 4.79 Å². The van der Waals surface area contributed by atoms with Crippen molar-refractivity contribution in [3.05, 3.63) is 101 Å². The Morgan fingerprint density at radius 2 is 1.59 bits per heavy atom. The van der Waals surface area contributed by atoms with Crippen molar-refractivity contribution >= 4 is 28.9 Å². The summed E-state index contributed by atoms with van der Waals surface area (Å²) in [6.07, 6.45) is 0. The van der Waals surface area contributed by atoms with Gasteiger partial charge >= 0.3 is 0 Å². The number of hydrogen-bond acceptors (Lipinski definition) is 2. The third-order valence-electron chi connectivity index (χ3n) is 4.10. The van der Waals surface area contributed by atoms with Crippen LogP contribution < -0.4 is 4.90 Å². The molecular weight excluding hydrogens is 363 g/mol. The second-order valence-corrected chi connectivity index (χ2v) is 6.38. The highest BCUT2D eigenvalue weighted by atomic mass is 35.5. The zero-order valence-electron chi connectivity index (χ0n) is 14.8. The number of hydrogen-bond donors (Lipinski definition) is 0. The van der Waals surface area contributed by atoms with Crippen LogP contribution in [0.2, 0.25) is 5.02 Å². The molecule has 136 valence electrons. The predicted molar refractivity (Wildman–Crippen MR) is 108 cm³/mol. The van der Waals surface area contributed by atoms with E-state index in [9.17, 15) is 9.18 Å². The minimum atomic E-state index is -0.178. The summed E-state index contributed by atoms with van der Waals surface area (Å²) in [5.41, 5.74) is 3.51. The van der Waals surface area contributed by atoms with Crippen LogP contribution in [0.3, 0.4) is 0 Å². The number of carbonyl (C=O) groups is 1. The molecule has 0 atom stereocenters. The van der Waals surface area contributed by atoms with E-state index in [0.717, 1.165) is 22.5 Å². The topological polar surface area (TPSA) is 32.7 Å². The predicted octanol–water partition coefficient (Wildman–Crippen LogP) is 4.98. The van der Waals surface area contributed by atoms with Crippen molar-refractivity contribution in [2.75, 3.05) is 18.5 Å². The molecule has 1 aliphatic heterocycles. The molecule has 1 amide bonds. The van der Waals surface area contributed by atoms with Crippen LogP contribution in [0.5, 0.6) is 0 Å². The highest BCUT2D eigenvalue weighted by molar-refractivity contribution is 6.32. The Balaban J connectivity index is 0.000000253. The zero-order chi connectivity index (χ0) is 19.2. The Labute approximate surface area is 162 Å². The monoisotopic (exact) mass is 380 g/mol. The Morgan fingerprint density at radius 3 is 2.19 bits per heavy atom. The van der Waals surface area contributed by atoms with Crippen molar-refractivity contribution in [3.8, 4) is 0 Å². The van der Waals surface area contributed by atoms with Crippen molar-refractivity contribution < 1.29 is 9.18 Å². The summed E-state index contributed by atoms with van der Waals surface area (Å²) in [4.78, 5) is 18.1. The number of aliphatic imine (C=N–C) groups is 1. The first-order valence-corrected chi connectivity index (χ1v) is 8.81. The third-order valence-corrected chi connectivity index (χ3v) is 4.34. The minimum absolute atomic E-state index is 0.0282. The molecule has 3 nitrogen and oxygen atoms in total. The number of fused-ring (bicyclic) bond motifs is 1. The van der Waals surface area contributed by atoms with E-state index in [0.29, 0.717) is 5.02 Å². The number of rotatable bonds is 1. The van der Waals surface area contributed by atoms with E-state index >= 15 is 0 Å². The molecule has 0 saturated carbocycles. The van der Waals surface area contributed by atoms with Crippen LogP contribution in [0.4, 0.5) is 10.1 Å². The second kappa shape index (κ2) is 8.60. The lowest BCUT2D eigenvalue weighted by molar-refractivity contribution is -0.116. The fourth-order valence-electron chi connectivity index (χ4n) is 2.72. The average molecular weight is 381 g/mol. The maximum absolute atomic E-state index is 12.0. The fraction of sp³-hybridized carbons (Fsp3) is 0.0909. The van der Waals surface area contributed by atoms with Crippen molar-refractivity contribution in [3.63, 3.8) is 0 Å². The highest BCUT2D eigenvalue weighted by Crippen LogP contribution is 2.28. The normalized spacial score (nSPS) is 13.1. The van der Waals surface area contributed by atoms with Crippen LogP contribution in [0.25, 0.3) is 0 Å². The van der Waals surface area contributed by atoms with Gasteiger partial charge in [0.15, 0.2) is 0 Å². The van der Waals surface area contributed by atoms with E-state index in [2.05, 4.69) is 4.99 Å². The molecule has 0 radical (unpaired) electrons. The van der Waals surface area contributed by atoms with Gasteiger partial charge in [0.2, 0.25) is 5.91 Å². The largest absolute Gasteiger partial charge is 0.313 e. The summed E-state index contributed by atoms with van der Waals surface area (Å²) < 4.78 is 11.9. The van der Waals surface area contributed by atoms with Gasteiger partial charge in [-0.05, 0) is 30.3 Å². The Morgan fingerprint density at radius 1 is 0.963 bits per heavy atom. The third kappa shape index (κ3) is 4.60. The van der Waals surface area contributed by atoms with Gasteiger partial charge in [0.25, 0.3) is 0 Å². The molecule has 4 rings (SSSR count). The van der Waals surface area contributed by atoms with Crippen molar-refractivity contribution in [1.82, 2.24) is 0 Å². The molecule has 0 N–H and O–H groups in total. The van der Waals surface area contributed by atoms with Crippen LogP contribution in [0.1, 0.15) is 11.1 Å². The van der Waals surface area contributed by atoms with Crippen molar-refractivity contribution in [2.24, 2.45) is 4.99 Å². The molecule has 5 heteroatoms. The molecule has 1 aliphatic rings. The minimum Gasteiger partial charge on any atom is -0.313 e. The van der Waals surface area contributed by atoms with Gasteiger partial charge in [-0.2, -0.15) is 0 Å². The first kappa shape index (κ1) is 18.8. The number of benzodiazepines with no additional fused rings is 1. The van der Waals surface area contributed by atoms with Gasteiger partial charge in [-0.15, -0.1) is 0 Å². The van der Waals surface area contributed by atoms with Crippen molar-refractivity contribution in [1.29, 1.82) is 0 Å². The second-order valence-electron chi connectivity index (χ2n) is 5.94. The smallest absolute Gasteiger partial charge is 0.248 e. The standard InChI is InChI=1S/C16H13ClN2O.C6H5F/c1-19-14-8-7-12(17)9-13(14)16(18-10-15(19)20)11-5-3-2-4-6-11;7-6-4-2-1-3-5-6/h2-9H,10H2,1H3;1-5H. The summed E-state index contributed by atoms with van der Waals surface area (Å²) in [5, 5.41) is 0.634. The quantitative estimate of drug-likeness (QED) is 0.586. The van der Waals surface area contributed by atoms with Gasteiger partial charge in [0.1, 0.15) is 12.4 Å². The number of anilines is 1. The molecular formula is C22H18ClFN2O. The molecule has 0 aliphatic carbocycles. The summed E-state index contributed by atoms with van der Waals surface area (Å²) in [7, 11) is 1.76. The number of nitrogens with zero attached hydrogens (tertiary/aromatic N) is 2. The number of likely N-dealkylation sites (N-methyl/N-ethyl adjacent to an activating group) is 1. The number of carbonyl (C=O) groups excluding carboxylic acids is 1. The molecule has 1 heterocycles. The van der Waals surface area contributed by atoms with Crippen LogP contribution in [0.15, 0.2) is 83.9 Å². The van der Waals surface area contributed by atoms with E-state index < -0.39 is 0 Å². The number of amides is 1. The Bertz CT molecular complexity index is 959. The molecule has 3 aromatic carbocycles. The molecule has 0 aromatic heterocycles. The molecule has 0 bridgehead atoms. The summed E-state index contributed by atoms with van der Waals surface area (Å²) in [6, 6.07) is 23.3. The maximum atomic E-state index is 12.0. The van der Waals surface area contributed by atoms with E-state index in [1.165, 1.54) is 12.1 Å². The molecule has 0 fully saturated rings. The average Bonchev–Trinajstić information content (AvgIpc) is 2.81. The summed E-state index contributed by atoms with van der Waals surface area (Å²) >= 11 is 6.11. The van der Waals surface area contributed by atoms with E-state index in [4.69, 9.17) is 11.6 Å². The van der Waals surface area contributed by atoms with Gasteiger partial charge in [-0.1, -0.05) is 60.1 Å². The lowest BCUT2D eigenvalue weighted by atomic mass is 10.0. The maximum Gasteiger partial charge on any atom is 0.248 e. The molecule has 0 unspecified atom stereocenters. The van der Waals surface area contributed by atoms with Gasteiger partial charge in [-0.25, -0.2) is 4.39 Å². The van der Waals surface area contributed by atoms with Crippen molar-refractivity contribution in [2.45, 2.75) is 0 Å². The number of benzene rings is 3. The highest BCUT2D eigenvalue weighted by Gasteiger charge is 2.22.